The fourth-order valence-electron chi connectivity index (χ4n) is 4.38. The molecule has 2 aliphatic carbocycles. The van der Waals surface area contributed by atoms with E-state index in [1.807, 2.05) is 0 Å². The Bertz CT molecular complexity index is 1090. The minimum atomic E-state index is 0. The van der Waals surface area contributed by atoms with Crippen molar-refractivity contribution in [3.8, 4) is 11.1 Å². The number of halogens is 2. The molecule has 141 valence electrons. The molecule has 3 heteroatoms. The molecule has 0 unspecified atom stereocenters. The largest absolute Gasteiger partial charge is 1.00 e. The van der Waals surface area contributed by atoms with Crippen LogP contribution in [-0.4, -0.2) is 0 Å². The summed E-state index contributed by atoms with van der Waals surface area (Å²) in [6, 6.07) is 28.5. The molecule has 0 aromatic heterocycles. The summed E-state index contributed by atoms with van der Waals surface area (Å²) >= 11 is 1.48. The van der Waals surface area contributed by atoms with Gasteiger partial charge in [0.15, 0.2) is 0 Å². The van der Waals surface area contributed by atoms with Crippen LogP contribution in [0.5, 0.6) is 0 Å². The van der Waals surface area contributed by atoms with E-state index in [0.717, 1.165) is 0 Å². The molecular formula is C26H19Cl2Zr. The van der Waals surface area contributed by atoms with Crippen molar-refractivity contribution < 1.29 is 49.5 Å². The molecule has 0 saturated heterocycles. The SMILES string of the molecule is CC(=C1C=CC(C2c3ccccc3-c3ccccc32)=[C]1[Zr+2])c1ccccc1.[Cl-].[Cl-]. The van der Waals surface area contributed by atoms with Crippen LogP contribution < -0.4 is 24.8 Å². The Kier molecular flexibility index (Phi) is 6.84. The Morgan fingerprint density at radius 3 is 1.79 bits per heavy atom. The quantitative estimate of drug-likeness (QED) is 0.492. The van der Waals surface area contributed by atoms with E-state index in [2.05, 4.69) is 97.9 Å². The molecule has 0 N–H and O–H groups in total. The molecule has 0 amide bonds. The molecule has 0 bridgehead atoms. The van der Waals surface area contributed by atoms with Crippen molar-refractivity contribution in [1.29, 1.82) is 0 Å². The van der Waals surface area contributed by atoms with Crippen LogP contribution >= 0.6 is 0 Å². The first-order valence-electron chi connectivity index (χ1n) is 9.34. The maximum Gasteiger partial charge on any atom is -1.00 e. The van der Waals surface area contributed by atoms with Gasteiger partial charge in [-0.05, 0) is 0 Å². The number of hydrogen-bond acceptors (Lipinski definition) is 0. The van der Waals surface area contributed by atoms with E-state index in [0.29, 0.717) is 5.92 Å². The molecule has 3 aromatic carbocycles. The van der Waals surface area contributed by atoms with Crippen molar-refractivity contribution in [2.24, 2.45) is 0 Å². The van der Waals surface area contributed by atoms with Crippen molar-refractivity contribution in [3.63, 3.8) is 0 Å². The number of hydrogen-bond donors (Lipinski definition) is 0. The third-order valence-corrected chi connectivity index (χ3v) is 7.11. The Balaban J connectivity index is 0.00000120. The summed E-state index contributed by atoms with van der Waals surface area (Å²) in [5, 5.41) is 0. The van der Waals surface area contributed by atoms with Gasteiger partial charge in [0.1, 0.15) is 0 Å². The third kappa shape index (κ3) is 3.66. The molecule has 5 rings (SSSR count). The van der Waals surface area contributed by atoms with Gasteiger partial charge in [-0.25, -0.2) is 0 Å². The summed E-state index contributed by atoms with van der Waals surface area (Å²) in [6.45, 7) is 2.25. The number of benzene rings is 3. The Morgan fingerprint density at radius 1 is 0.690 bits per heavy atom. The summed E-state index contributed by atoms with van der Waals surface area (Å²) in [6.07, 6.45) is 4.68. The van der Waals surface area contributed by atoms with Gasteiger partial charge in [-0.1, -0.05) is 0 Å². The average molecular weight is 494 g/mol. The number of fused-ring (bicyclic) bond motifs is 3. The minimum absolute atomic E-state index is 0. The summed E-state index contributed by atoms with van der Waals surface area (Å²) in [5.41, 5.74) is 11.2. The van der Waals surface area contributed by atoms with Gasteiger partial charge >= 0.3 is 176 Å². The molecular weight excluding hydrogens is 474 g/mol. The van der Waals surface area contributed by atoms with Crippen LogP contribution in [0.2, 0.25) is 0 Å². The standard InChI is InChI=1S/C26H19.2ClH.Zr/c1-18(19-9-3-2-4-10-19)20-15-16-21(17-20)26-24-13-7-5-11-22(24)23-12-6-8-14-25(23)26;;;/h2-16,26H,1H3;2*1H;/q;;;+2/p-2. The molecule has 3 aromatic rings. The molecule has 0 spiro atoms. The molecule has 0 saturated carbocycles. The van der Waals surface area contributed by atoms with E-state index < -0.39 is 0 Å². The predicted octanol–water partition coefficient (Wildman–Crippen LogP) is 0.651. The van der Waals surface area contributed by atoms with E-state index in [4.69, 9.17) is 0 Å². The molecule has 0 radical (unpaired) electrons. The van der Waals surface area contributed by atoms with Gasteiger partial charge in [0, 0.05) is 0 Å². The third-order valence-electron chi connectivity index (χ3n) is 5.74. The number of rotatable bonds is 2. The summed E-state index contributed by atoms with van der Waals surface area (Å²) in [4.78, 5) is 0. The Labute approximate surface area is 200 Å². The molecule has 29 heavy (non-hydrogen) atoms. The van der Waals surface area contributed by atoms with Gasteiger partial charge in [0.2, 0.25) is 0 Å². The molecule has 0 atom stereocenters. The maximum atomic E-state index is 2.36. The Morgan fingerprint density at radius 2 is 1.21 bits per heavy atom. The van der Waals surface area contributed by atoms with Crippen LogP contribution in [-0.2, 0) is 24.7 Å². The van der Waals surface area contributed by atoms with E-state index in [-0.39, 0.29) is 24.8 Å². The van der Waals surface area contributed by atoms with Crippen LogP contribution in [0.25, 0.3) is 16.7 Å². The van der Waals surface area contributed by atoms with Gasteiger partial charge in [-0.3, -0.25) is 0 Å². The van der Waals surface area contributed by atoms with Gasteiger partial charge in [-0.15, -0.1) is 0 Å². The normalized spacial score (nSPS) is 16.1. The van der Waals surface area contributed by atoms with Gasteiger partial charge in [0.05, 0.1) is 0 Å². The second-order valence-electron chi connectivity index (χ2n) is 7.18. The second-order valence-corrected chi connectivity index (χ2v) is 8.40. The zero-order chi connectivity index (χ0) is 18.4. The monoisotopic (exact) mass is 491 g/mol. The zero-order valence-corrected chi connectivity index (χ0v) is 20.0. The van der Waals surface area contributed by atoms with Crippen molar-refractivity contribution in [3.05, 3.63) is 122 Å². The predicted molar refractivity (Wildman–Crippen MR) is 109 cm³/mol. The van der Waals surface area contributed by atoms with E-state index in [9.17, 15) is 0 Å². The second kappa shape index (κ2) is 9.01. The molecule has 0 heterocycles. The Hall–Kier alpha value is -1.66. The average Bonchev–Trinajstić information content (AvgIpc) is 3.26. The summed E-state index contributed by atoms with van der Waals surface area (Å²) in [7, 11) is 0. The van der Waals surface area contributed by atoms with Crippen LogP contribution in [0, 0.1) is 0 Å². The van der Waals surface area contributed by atoms with Crippen LogP contribution in [0.3, 0.4) is 0 Å². The molecule has 0 nitrogen and oxygen atoms in total. The first-order valence-corrected chi connectivity index (χ1v) is 10.6. The smallest absolute Gasteiger partial charge is 1.00 e. The molecule has 0 aliphatic heterocycles. The minimum Gasteiger partial charge on any atom is -1.00 e. The van der Waals surface area contributed by atoms with Crippen molar-refractivity contribution >= 4 is 5.57 Å². The van der Waals surface area contributed by atoms with Crippen molar-refractivity contribution in [1.82, 2.24) is 0 Å². The summed E-state index contributed by atoms with van der Waals surface area (Å²) < 4.78 is 1.49. The number of allylic oxidation sites excluding steroid dienone is 6. The van der Waals surface area contributed by atoms with Crippen LogP contribution in [0.15, 0.2) is 105 Å². The first kappa shape index (κ1) is 22.0. The fraction of sp³-hybridized carbons (Fsp3) is 0.0769. The van der Waals surface area contributed by atoms with E-state index >= 15 is 0 Å². The maximum absolute atomic E-state index is 2.36. The van der Waals surface area contributed by atoms with Crippen LogP contribution in [0.4, 0.5) is 0 Å². The fourth-order valence-corrected chi connectivity index (χ4v) is 5.61. The van der Waals surface area contributed by atoms with E-state index in [1.165, 1.54) is 72.5 Å². The van der Waals surface area contributed by atoms with Gasteiger partial charge in [-0.2, -0.15) is 0 Å². The summed E-state index contributed by atoms with van der Waals surface area (Å²) in [5.74, 6) is 0.351. The van der Waals surface area contributed by atoms with Gasteiger partial charge < -0.3 is 24.8 Å². The first-order chi connectivity index (χ1) is 13.3. The van der Waals surface area contributed by atoms with E-state index in [1.54, 1.807) is 0 Å². The topological polar surface area (TPSA) is 0 Å². The molecule has 2 aliphatic rings. The molecule has 0 fully saturated rings. The zero-order valence-electron chi connectivity index (χ0n) is 16.0. The van der Waals surface area contributed by atoms with Crippen LogP contribution in [0.1, 0.15) is 29.5 Å². The van der Waals surface area contributed by atoms with Crippen molar-refractivity contribution in [2.75, 3.05) is 0 Å². The van der Waals surface area contributed by atoms with Gasteiger partial charge in [0.25, 0.3) is 0 Å². The van der Waals surface area contributed by atoms with Crippen molar-refractivity contribution in [2.45, 2.75) is 12.8 Å².